The first-order chi connectivity index (χ1) is 10.6. The van der Waals surface area contributed by atoms with E-state index in [4.69, 9.17) is 16.7 Å². The van der Waals surface area contributed by atoms with E-state index in [9.17, 15) is 9.59 Å². The zero-order chi connectivity index (χ0) is 15.7. The molecule has 1 N–H and O–H groups in total. The standard InChI is InChI=1S/C15H13ClN2O3S/c16-11-4-2-1-3-10(11)13-17-7-12(22-13)14(19)18-6-5-9(8-18)15(20)21/h1-4,7,9H,5-6,8H2,(H,20,21). The summed E-state index contributed by atoms with van der Waals surface area (Å²) in [5, 5.41) is 10.3. The molecule has 0 spiro atoms. The number of likely N-dealkylation sites (tertiary alicyclic amines) is 1. The van der Waals surface area contributed by atoms with Crippen LogP contribution in [0.3, 0.4) is 0 Å². The summed E-state index contributed by atoms with van der Waals surface area (Å²) >= 11 is 7.41. The van der Waals surface area contributed by atoms with Crippen molar-refractivity contribution in [1.82, 2.24) is 9.88 Å². The molecule has 1 aromatic heterocycles. The van der Waals surface area contributed by atoms with Crippen LogP contribution in [0.2, 0.25) is 5.02 Å². The number of aliphatic carboxylic acids is 1. The van der Waals surface area contributed by atoms with E-state index in [1.165, 1.54) is 17.5 Å². The molecule has 114 valence electrons. The summed E-state index contributed by atoms with van der Waals surface area (Å²) in [6, 6.07) is 7.33. The van der Waals surface area contributed by atoms with E-state index in [1.807, 2.05) is 18.2 Å². The Bertz CT molecular complexity index is 731. The van der Waals surface area contributed by atoms with Gasteiger partial charge in [-0.1, -0.05) is 29.8 Å². The smallest absolute Gasteiger partial charge is 0.308 e. The minimum atomic E-state index is -0.851. The Morgan fingerprint density at radius 3 is 2.82 bits per heavy atom. The third-order valence-corrected chi connectivity index (χ3v) is 4.99. The summed E-state index contributed by atoms with van der Waals surface area (Å²) in [6.45, 7) is 0.725. The fraction of sp³-hybridized carbons (Fsp3) is 0.267. The number of rotatable bonds is 3. The fourth-order valence-corrected chi connectivity index (χ4v) is 3.64. The van der Waals surface area contributed by atoms with Gasteiger partial charge < -0.3 is 10.0 Å². The van der Waals surface area contributed by atoms with Gasteiger partial charge >= 0.3 is 5.97 Å². The van der Waals surface area contributed by atoms with E-state index in [0.29, 0.717) is 27.9 Å². The fourth-order valence-electron chi connectivity index (χ4n) is 2.43. The summed E-state index contributed by atoms with van der Waals surface area (Å²) < 4.78 is 0. The second kappa shape index (κ2) is 6.06. The van der Waals surface area contributed by atoms with Gasteiger partial charge in [-0.25, -0.2) is 4.98 Å². The van der Waals surface area contributed by atoms with Gasteiger partial charge in [0.1, 0.15) is 9.88 Å². The highest BCUT2D eigenvalue weighted by Gasteiger charge is 2.32. The molecule has 1 amide bonds. The summed E-state index contributed by atoms with van der Waals surface area (Å²) in [4.78, 5) is 29.7. The predicted octanol–water partition coefficient (Wildman–Crippen LogP) is 3.01. The van der Waals surface area contributed by atoms with Crippen molar-refractivity contribution in [1.29, 1.82) is 0 Å². The topological polar surface area (TPSA) is 70.5 Å². The Balaban J connectivity index is 1.78. The number of amides is 1. The number of hydrogen-bond donors (Lipinski definition) is 1. The van der Waals surface area contributed by atoms with E-state index in [1.54, 1.807) is 11.0 Å². The Morgan fingerprint density at radius 2 is 2.14 bits per heavy atom. The number of hydrogen-bond acceptors (Lipinski definition) is 4. The lowest BCUT2D eigenvalue weighted by molar-refractivity contribution is -0.141. The molecule has 7 heteroatoms. The number of carboxylic acid groups (broad SMARTS) is 1. The zero-order valence-electron chi connectivity index (χ0n) is 11.5. The van der Waals surface area contributed by atoms with Gasteiger partial charge in [-0.15, -0.1) is 11.3 Å². The van der Waals surface area contributed by atoms with Gasteiger partial charge in [0.05, 0.1) is 17.1 Å². The van der Waals surface area contributed by atoms with Crippen molar-refractivity contribution in [3.63, 3.8) is 0 Å². The van der Waals surface area contributed by atoms with Crippen LogP contribution in [-0.4, -0.2) is 40.0 Å². The molecule has 0 aliphatic carbocycles. The van der Waals surface area contributed by atoms with Crippen molar-refractivity contribution in [2.75, 3.05) is 13.1 Å². The maximum absolute atomic E-state index is 12.4. The van der Waals surface area contributed by atoms with E-state index < -0.39 is 11.9 Å². The molecule has 1 atom stereocenters. The van der Waals surface area contributed by atoms with Gasteiger partial charge in [0, 0.05) is 18.7 Å². The van der Waals surface area contributed by atoms with Crippen LogP contribution < -0.4 is 0 Å². The molecule has 1 aliphatic rings. The Hall–Kier alpha value is -1.92. The maximum atomic E-state index is 12.4. The van der Waals surface area contributed by atoms with Gasteiger partial charge in [-0.2, -0.15) is 0 Å². The average molecular weight is 337 g/mol. The normalized spacial score (nSPS) is 17.7. The Kier molecular flexibility index (Phi) is 4.13. The van der Waals surface area contributed by atoms with Crippen LogP contribution in [0, 0.1) is 5.92 Å². The highest BCUT2D eigenvalue weighted by atomic mass is 35.5. The number of carbonyl (C=O) groups is 2. The first kappa shape index (κ1) is 15.0. The van der Waals surface area contributed by atoms with Gasteiger partial charge in [-0.3, -0.25) is 9.59 Å². The number of thiazole rings is 1. The second-order valence-corrected chi connectivity index (χ2v) is 6.52. The molecule has 0 radical (unpaired) electrons. The van der Waals surface area contributed by atoms with E-state index in [-0.39, 0.29) is 12.5 Å². The highest BCUT2D eigenvalue weighted by molar-refractivity contribution is 7.17. The Labute approximate surface area is 136 Å². The molecule has 1 fully saturated rings. The second-order valence-electron chi connectivity index (χ2n) is 5.08. The largest absolute Gasteiger partial charge is 0.481 e. The summed E-state index contributed by atoms with van der Waals surface area (Å²) in [5.74, 6) is -1.49. The lowest BCUT2D eigenvalue weighted by atomic mass is 10.1. The van der Waals surface area contributed by atoms with Gasteiger partial charge in [0.2, 0.25) is 0 Å². The molecule has 1 aromatic carbocycles. The van der Waals surface area contributed by atoms with Gasteiger partial charge in [0.25, 0.3) is 5.91 Å². The number of carboxylic acids is 1. The lowest BCUT2D eigenvalue weighted by Crippen LogP contribution is -2.29. The van der Waals surface area contributed by atoms with Crippen molar-refractivity contribution in [3.05, 3.63) is 40.4 Å². The SMILES string of the molecule is O=C(O)C1CCN(C(=O)c2cnc(-c3ccccc3Cl)s2)C1. The van der Waals surface area contributed by atoms with Gasteiger partial charge in [-0.05, 0) is 12.5 Å². The van der Waals surface area contributed by atoms with Crippen LogP contribution in [0.4, 0.5) is 0 Å². The van der Waals surface area contributed by atoms with Crippen LogP contribution in [0.15, 0.2) is 30.5 Å². The summed E-state index contributed by atoms with van der Waals surface area (Å²) in [7, 11) is 0. The third-order valence-electron chi connectivity index (χ3n) is 3.65. The number of nitrogens with zero attached hydrogens (tertiary/aromatic N) is 2. The van der Waals surface area contributed by atoms with Crippen LogP contribution in [0.5, 0.6) is 0 Å². The number of carbonyl (C=O) groups excluding carboxylic acids is 1. The first-order valence-electron chi connectivity index (χ1n) is 6.79. The average Bonchev–Trinajstić information content (AvgIpc) is 3.17. The molecule has 1 unspecified atom stereocenters. The van der Waals surface area contributed by atoms with Gasteiger partial charge in [0.15, 0.2) is 0 Å². The minimum Gasteiger partial charge on any atom is -0.481 e. The monoisotopic (exact) mass is 336 g/mol. The zero-order valence-corrected chi connectivity index (χ0v) is 13.1. The highest BCUT2D eigenvalue weighted by Crippen LogP contribution is 2.32. The van der Waals surface area contributed by atoms with Crippen LogP contribution in [-0.2, 0) is 4.79 Å². The van der Waals surface area contributed by atoms with Crippen molar-refractivity contribution in [3.8, 4) is 10.6 Å². The number of halogens is 1. The van der Waals surface area contributed by atoms with Crippen molar-refractivity contribution < 1.29 is 14.7 Å². The van der Waals surface area contributed by atoms with Crippen molar-refractivity contribution >= 4 is 34.8 Å². The number of benzene rings is 1. The number of aromatic nitrogens is 1. The van der Waals surface area contributed by atoms with Crippen LogP contribution in [0.25, 0.3) is 10.6 Å². The molecule has 1 aliphatic heterocycles. The van der Waals surface area contributed by atoms with E-state index in [2.05, 4.69) is 4.98 Å². The summed E-state index contributed by atoms with van der Waals surface area (Å²) in [6.07, 6.45) is 2.02. The molecule has 22 heavy (non-hydrogen) atoms. The molecular weight excluding hydrogens is 324 g/mol. The van der Waals surface area contributed by atoms with E-state index >= 15 is 0 Å². The molecule has 1 saturated heterocycles. The maximum Gasteiger partial charge on any atom is 0.308 e. The van der Waals surface area contributed by atoms with E-state index in [0.717, 1.165) is 5.56 Å². The molecule has 0 bridgehead atoms. The molecule has 3 rings (SSSR count). The first-order valence-corrected chi connectivity index (χ1v) is 7.98. The molecule has 5 nitrogen and oxygen atoms in total. The Morgan fingerprint density at radius 1 is 1.36 bits per heavy atom. The van der Waals surface area contributed by atoms with Crippen molar-refractivity contribution in [2.24, 2.45) is 5.92 Å². The van der Waals surface area contributed by atoms with Crippen LogP contribution >= 0.6 is 22.9 Å². The quantitative estimate of drug-likeness (QED) is 0.935. The lowest BCUT2D eigenvalue weighted by Gasteiger charge is -2.13. The summed E-state index contributed by atoms with van der Waals surface area (Å²) in [5.41, 5.74) is 0.790. The third kappa shape index (κ3) is 2.84. The predicted molar refractivity (Wildman–Crippen MR) is 84.2 cm³/mol. The molecular formula is C15H13ClN2O3S. The minimum absolute atomic E-state index is 0.167. The van der Waals surface area contributed by atoms with Crippen LogP contribution in [0.1, 0.15) is 16.1 Å². The molecule has 0 saturated carbocycles. The molecule has 2 aromatic rings. The molecule has 2 heterocycles. The van der Waals surface area contributed by atoms with Crippen molar-refractivity contribution in [2.45, 2.75) is 6.42 Å².